The number of benzene rings is 2. The summed E-state index contributed by atoms with van der Waals surface area (Å²) in [6, 6.07) is 7.67. The van der Waals surface area contributed by atoms with Crippen LogP contribution in [0.1, 0.15) is 29.0 Å². The molecule has 1 unspecified atom stereocenters. The highest BCUT2D eigenvalue weighted by Crippen LogP contribution is 2.48. The van der Waals surface area contributed by atoms with E-state index in [1.807, 2.05) is 25.1 Å². The largest absolute Gasteiger partial charge is 0.496 e. The Morgan fingerprint density at radius 3 is 2.19 bits per heavy atom. The molecule has 1 aliphatic rings. The van der Waals surface area contributed by atoms with Crippen LogP contribution in [0, 0.1) is 6.92 Å². The number of anilines is 1. The third-order valence-corrected chi connectivity index (χ3v) is 4.72. The predicted molar refractivity (Wildman–Crippen MR) is 98.9 cm³/mol. The van der Waals surface area contributed by atoms with Crippen molar-refractivity contribution in [2.45, 2.75) is 19.3 Å². The Kier molecular flexibility index (Phi) is 4.93. The van der Waals surface area contributed by atoms with Crippen LogP contribution in [0.5, 0.6) is 23.0 Å². The number of carbonyl (C=O) groups excluding carboxylic acids is 1. The van der Waals surface area contributed by atoms with Crippen LogP contribution in [0.4, 0.5) is 5.69 Å². The van der Waals surface area contributed by atoms with E-state index in [0.29, 0.717) is 23.7 Å². The fourth-order valence-electron chi connectivity index (χ4n) is 3.50. The highest BCUT2D eigenvalue weighted by molar-refractivity contribution is 5.96. The smallest absolute Gasteiger partial charge is 0.225 e. The second-order valence-corrected chi connectivity index (χ2v) is 6.14. The van der Waals surface area contributed by atoms with E-state index in [2.05, 4.69) is 11.4 Å². The van der Waals surface area contributed by atoms with Crippen molar-refractivity contribution < 1.29 is 23.7 Å². The number of ether oxygens (including phenoxy) is 4. The molecule has 0 aliphatic carbocycles. The number of nitrogens with one attached hydrogen (secondary N) is 1. The van der Waals surface area contributed by atoms with Crippen molar-refractivity contribution in [2.24, 2.45) is 0 Å². The summed E-state index contributed by atoms with van der Waals surface area (Å²) >= 11 is 0. The molecule has 1 aliphatic heterocycles. The molecule has 0 spiro atoms. The molecule has 26 heavy (non-hydrogen) atoms. The van der Waals surface area contributed by atoms with Crippen LogP contribution in [-0.4, -0.2) is 34.3 Å². The van der Waals surface area contributed by atoms with Crippen LogP contribution in [0.3, 0.4) is 0 Å². The molecule has 1 atom stereocenters. The zero-order valence-electron chi connectivity index (χ0n) is 15.6. The lowest BCUT2D eigenvalue weighted by Crippen LogP contribution is -2.24. The molecule has 0 radical (unpaired) electrons. The second kappa shape index (κ2) is 7.15. The summed E-state index contributed by atoms with van der Waals surface area (Å²) in [4.78, 5) is 12.3. The van der Waals surface area contributed by atoms with Gasteiger partial charge in [0.25, 0.3) is 0 Å². The minimum atomic E-state index is -0.155. The topological polar surface area (TPSA) is 66.0 Å². The summed E-state index contributed by atoms with van der Waals surface area (Å²) in [7, 11) is 6.36. The summed E-state index contributed by atoms with van der Waals surface area (Å²) in [5.74, 6) is 2.21. The van der Waals surface area contributed by atoms with Crippen LogP contribution >= 0.6 is 0 Å². The van der Waals surface area contributed by atoms with Gasteiger partial charge in [0.15, 0.2) is 11.5 Å². The first-order valence-electron chi connectivity index (χ1n) is 8.31. The SMILES string of the molecule is COc1cc2c(cc1C)C(c1ccc(OC)c(OC)c1OC)CC(=O)N2. The van der Waals surface area contributed by atoms with E-state index in [1.54, 1.807) is 28.4 Å². The van der Waals surface area contributed by atoms with Gasteiger partial charge in [0.1, 0.15) is 5.75 Å². The Balaban J connectivity index is 2.20. The van der Waals surface area contributed by atoms with Gasteiger partial charge in [-0.25, -0.2) is 0 Å². The molecule has 1 N–H and O–H groups in total. The van der Waals surface area contributed by atoms with Crippen LogP contribution in [0.2, 0.25) is 0 Å². The molecule has 1 amide bonds. The zero-order chi connectivity index (χ0) is 18.8. The maximum atomic E-state index is 12.3. The second-order valence-electron chi connectivity index (χ2n) is 6.14. The summed E-state index contributed by atoms with van der Waals surface area (Å²) in [6.45, 7) is 1.98. The van der Waals surface area contributed by atoms with Gasteiger partial charge in [-0.3, -0.25) is 4.79 Å². The molecular weight excluding hydrogens is 334 g/mol. The zero-order valence-corrected chi connectivity index (χ0v) is 15.6. The number of rotatable bonds is 5. The average molecular weight is 357 g/mol. The summed E-state index contributed by atoms with van der Waals surface area (Å²) in [5.41, 5.74) is 3.66. The van der Waals surface area contributed by atoms with E-state index >= 15 is 0 Å². The van der Waals surface area contributed by atoms with E-state index in [4.69, 9.17) is 18.9 Å². The van der Waals surface area contributed by atoms with Crippen LogP contribution in [0.25, 0.3) is 0 Å². The van der Waals surface area contributed by atoms with Gasteiger partial charge in [0, 0.05) is 29.7 Å². The highest BCUT2D eigenvalue weighted by Gasteiger charge is 2.31. The van der Waals surface area contributed by atoms with Gasteiger partial charge >= 0.3 is 0 Å². The van der Waals surface area contributed by atoms with Crippen LogP contribution in [0.15, 0.2) is 24.3 Å². The van der Waals surface area contributed by atoms with Gasteiger partial charge in [-0.05, 0) is 30.2 Å². The Bertz CT molecular complexity index is 847. The number of methoxy groups -OCH3 is 4. The Morgan fingerprint density at radius 1 is 0.885 bits per heavy atom. The fourth-order valence-corrected chi connectivity index (χ4v) is 3.50. The van der Waals surface area contributed by atoms with Crippen LogP contribution < -0.4 is 24.3 Å². The van der Waals surface area contributed by atoms with Crippen molar-refractivity contribution in [3.05, 3.63) is 41.0 Å². The van der Waals surface area contributed by atoms with Crippen molar-refractivity contribution >= 4 is 11.6 Å². The van der Waals surface area contributed by atoms with E-state index in [1.165, 1.54) is 0 Å². The molecule has 3 rings (SSSR count). The number of carbonyl (C=O) groups is 1. The Morgan fingerprint density at radius 2 is 1.58 bits per heavy atom. The van der Waals surface area contributed by atoms with Gasteiger partial charge in [0.2, 0.25) is 11.7 Å². The molecule has 0 saturated heterocycles. The standard InChI is InChI=1S/C20H23NO5/c1-11-8-14-13(9-18(22)21-15(14)10-17(11)24-3)12-6-7-16(23-2)20(26-5)19(12)25-4/h6-8,10,13H,9H2,1-5H3,(H,21,22). The minimum absolute atomic E-state index is 0.0507. The van der Waals surface area contributed by atoms with Gasteiger partial charge in [0.05, 0.1) is 28.4 Å². The van der Waals surface area contributed by atoms with Gasteiger partial charge in [-0.2, -0.15) is 0 Å². The number of fused-ring (bicyclic) bond motifs is 1. The Hall–Kier alpha value is -2.89. The molecule has 138 valence electrons. The molecule has 0 aromatic heterocycles. The van der Waals surface area contributed by atoms with E-state index in [0.717, 1.165) is 28.1 Å². The van der Waals surface area contributed by atoms with Crippen LogP contribution in [-0.2, 0) is 4.79 Å². The molecule has 0 bridgehead atoms. The average Bonchev–Trinajstić information content (AvgIpc) is 2.65. The summed E-state index contributed by atoms with van der Waals surface area (Å²) < 4.78 is 21.9. The minimum Gasteiger partial charge on any atom is -0.496 e. The lowest BCUT2D eigenvalue weighted by molar-refractivity contribution is -0.116. The lowest BCUT2D eigenvalue weighted by Gasteiger charge is -2.29. The first-order chi connectivity index (χ1) is 12.5. The third-order valence-electron chi connectivity index (χ3n) is 4.72. The highest BCUT2D eigenvalue weighted by atomic mass is 16.5. The predicted octanol–water partition coefficient (Wildman–Crippen LogP) is 3.50. The molecule has 0 fully saturated rings. The number of hydrogen-bond donors (Lipinski definition) is 1. The van der Waals surface area contributed by atoms with E-state index in [-0.39, 0.29) is 11.8 Å². The molecule has 6 heteroatoms. The molecular formula is C20H23NO5. The molecule has 0 saturated carbocycles. The van der Waals surface area contributed by atoms with Crippen molar-refractivity contribution in [2.75, 3.05) is 33.8 Å². The maximum Gasteiger partial charge on any atom is 0.225 e. The van der Waals surface area contributed by atoms with E-state index in [9.17, 15) is 4.79 Å². The molecule has 2 aromatic carbocycles. The van der Waals surface area contributed by atoms with E-state index < -0.39 is 0 Å². The normalized spacial score (nSPS) is 15.7. The monoisotopic (exact) mass is 357 g/mol. The lowest BCUT2D eigenvalue weighted by atomic mass is 9.83. The quantitative estimate of drug-likeness (QED) is 0.887. The maximum absolute atomic E-state index is 12.3. The first-order valence-corrected chi connectivity index (χ1v) is 8.31. The molecule has 1 heterocycles. The fraction of sp³-hybridized carbons (Fsp3) is 0.350. The van der Waals surface area contributed by atoms with Crippen molar-refractivity contribution in [1.29, 1.82) is 0 Å². The van der Waals surface area contributed by atoms with Crippen molar-refractivity contribution in [3.63, 3.8) is 0 Å². The third kappa shape index (κ3) is 2.92. The van der Waals surface area contributed by atoms with Gasteiger partial charge in [-0.15, -0.1) is 0 Å². The molecule has 2 aromatic rings. The van der Waals surface area contributed by atoms with Crippen molar-refractivity contribution in [1.82, 2.24) is 0 Å². The molecule has 6 nitrogen and oxygen atoms in total. The van der Waals surface area contributed by atoms with Crippen molar-refractivity contribution in [3.8, 4) is 23.0 Å². The summed E-state index contributed by atoms with van der Waals surface area (Å²) in [6.07, 6.45) is 0.324. The number of aryl methyl sites for hydroxylation is 1. The first kappa shape index (κ1) is 17.9. The van der Waals surface area contributed by atoms with Gasteiger partial charge in [-0.1, -0.05) is 6.07 Å². The number of amides is 1. The Labute approximate surface area is 153 Å². The number of hydrogen-bond acceptors (Lipinski definition) is 5. The summed E-state index contributed by atoms with van der Waals surface area (Å²) in [5, 5.41) is 2.93. The van der Waals surface area contributed by atoms with Gasteiger partial charge < -0.3 is 24.3 Å².